The number of allylic oxidation sites excluding steroid dienone is 2. The van der Waals surface area contributed by atoms with E-state index in [4.69, 9.17) is 4.84 Å². The number of carbonyl (C=O) groups is 1. The van der Waals surface area contributed by atoms with Crippen LogP contribution in [0.2, 0.25) is 0 Å². The lowest BCUT2D eigenvalue weighted by Crippen LogP contribution is -2.39. The number of aliphatic imine (C=N–C) groups is 1. The second kappa shape index (κ2) is 8.01. The summed E-state index contributed by atoms with van der Waals surface area (Å²) in [5.41, 5.74) is 2.92. The van der Waals surface area contributed by atoms with E-state index in [9.17, 15) is 4.79 Å². The van der Waals surface area contributed by atoms with Crippen LogP contribution in [0.1, 0.15) is 40.5 Å². The molecule has 0 atom stereocenters. The zero-order chi connectivity index (χ0) is 15.1. The Morgan fingerprint density at radius 1 is 1.35 bits per heavy atom. The number of urea groups is 1. The Morgan fingerprint density at radius 3 is 2.55 bits per heavy atom. The van der Waals surface area contributed by atoms with E-state index in [0.717, 1.165) is 36.4 Å². The van der Waals surface area contributed by atoms with E-state index in [-0.39, 0.29) is 6.03 Å². The maximum atomic E-state index is 12.1. The van der Waals surface area contributed by atoms with E-state index in [1.54, 1.807) is 17.0 Å². The normalized spacial score (nSPS) is 18.2. The first-order valence-electron chi connectivity index (χ1n) is 7.10. The molecule has 1 heterocycles. The third-order valence-corrected chi connectivity index (χ3v) is 3.41. The minimum absolute atomic E-state index is 0.134. The van der Waals surface area contributed by atoms with Crippen molar-refractivity contribution >= 4 is 11.7 Å². The predicted molar refractivity (Wildman–Crippen MR) is 80.2 cm³/mol. The molecule has 0 aromatic rings. The summed E-state index contributed by atoms with van der Waals surface area (Å²) in [5.74, 6) is 0. The molecule has 6 nitrogen and oxygen atoms in total. The molecule has 0 aliphatic carbocycles. The first-order chi connectivity index (χ1) is 9.53. The van der Waals surface area contributed by atoms with Crippen LogP contribution in [0, 0.1) is 0 Å². The molecule has 1 aliphatic rings. The summed E-state index contributed by atoms with van der Waals surface area (Å²) in [5, 5.41) is 4.67. The second-order valence-corrected chi connectivity index (χ2v) is 4.84. The van der Waals surface area contributed by atoms with Crippen molar-refractivity contribution in [1.82, 2.24) is 15.3 Å². The van der Waals surface area contributed by atoms with Crippen LogP contribution < -0.4 is 5.32 Å². The molecule has 20 heavy (non-hydrogen) atoms. The van der Waals surface area contributed by atoms with Gasteiger partial charge in [-0.25, -0.2) is 4.79 Å². The Balaban J connectivity index is 2.64. The molecule has 0 unspecified atom stereocenters. The van der Waals surface area contributed by atoms with Crippen molar-refractivity contribution in [2.75, 3.05) is 27.0 Å². The van der Waals surface area contributed by atoms with Crippen LogP contribution in [0.4, 0.5) is 4.79 Å². The van der Waals surface area contributed by atoms with Crippen molar-refractivity contribution in [1.29, 1.82) is 0 Å². The van der Waals surface area contributed by atoms with E-state index in [1.165, 1.54) is 0 Å². The minimum atomic E-state index is -0.134. The van der Waals surface area contributed by atoms with Crippen molar-refractivity contribution in [3.05, 3.63) is 11.3 Å². The lowest BCUT2D eigenvalue weighted by atomic mass is 10.1. The molecular weight excluding hydrogens is 256 g/mol. The van der Waals surface area contributed by atoms with Gasteiger partial charge in [-0.3, -0.25) is 14.7 Å². The molecule has 0 saturated carbocycles. The summed E-state index contributed by atoms with van der Waals surface area (Å²) in [6.45, 7) is 9.57. The maximum Gasteiger partial charge on any atom is 0.324 e. The van der Waals surface area contributed by atoms with Crippen LogP contribution in [0.25, 0.3) is 0 Å². The fraction of sp³-hybridized carbons (Fsp3) is 0.714. The summed E-state index contributed by atoms with van der Waals surface area (Å²) >= 11 is 0. The molecule has 2 amide bonds. The van der Waals surface area contributed by atoms with Gasteiger partial charge in [-0.2, -0.15) is 5.06 Å². The average Bonchev–Trinajstić information content (AvgIpc) is 2.92. The Bertz CT molecular complexity index is 404. The Morgan fingerprint density at radius 2 is 2.05 bits per heavy atom. The molecule has 0 radical (unpaired) electrons. The summed E-state index contributed by atoms with van der Waals surface area (Å²) in [7, 11) is 1.79. The van der Waals surface area contributed by atoms with E-state index >= 15 is 0 Å². The number of hydroxylamine groups is 2. The highest BCUT2D eigenvalue weighted by molar-refractivity contribution is 6.00. The molecule has 0 spiro atoms. The predicted octanol–water partition coefficient (Wildman–Crippen LogP) is 2.34. The van der Waals surface area contributed by atoms with Crippen molar-refractivity contribution in [3.8, 4) is 0 Å². The quantitative estimate of drug-likeness (QED) is 0.787. The fourth-order valence-corrected chi connectivity index (χ4v) is 1.99. The summed E-state index contributed by atoms with van der Waals surface area (Å²) in [6, 6.07) is -0.134. The molecule has 6 heteroatoms. The van der Waals surface area contributed by atoms with Crippen LogP contribution in [-0.2, 0) is 4.84 Å². The van der Waals surface area contributed by atoms with Gasteiger partial charge >= 0.3 is 6.03 Å². The second-order valence-electron chi connectivity index (χ2n) is 4.84. The molecular formula is C14H26N4O2. The Hall–Kier alpha value is -1.40. The lowest BCUT2D eigenvalue weighted by molar-refractivity contribution is -0.106. The van der Waals surface area contributed by atoms with Gasteiger partial charge in [-0.15, -0.1) is 0 Å². The van der Waals surface area contributed by atoms with Crippen molar-refractivity contribution < 1.29 is 9.63 Å². The third-order valence-electron chi connectivity index (χ3n) is 3.41. The molecule has 1 fully saturated rings. The van der Waals surface area contributed by atoms with Gasteiger partial charge in [0, 0.05) is 25.0 Å². The van der Waals surface area contributed by atoms with E-state index in [0.29, 0.717) is 13.4 Å². The van der Waals surface area contributed by atoms with Crippen LogP contribution in [-0.4, -0.2) is 48.7 Å². The molecule has 0 aromatic heterocycles. The molecule has 1 N–H and O–H groups in total. The largest absolute Gasteiger partial charge is 0.324 e. The topological polar surface area (TPSA) is 57.2 Å². The number of rotatable bonds is 5. The molecule has 1 rings (SSSR count). The van der Waals surface area contributed by atoms with Gasteiger partial charge in [0.1, 0.15) is 13.4 Å². The highest BCUT2D eigenvalue weighted by Gasteiger charge is 2.24. The van der Waals surface area contributed by atoms with Gasteiger partial charge in [-0.05, 0) is 25.8 Å². The van der Waals surface area contributed by atoms with Crippen LogP contribution in [0.5, 0.6) is 0 Å². The monoisotopic (exact) mass is 282 g/mol. The van der Waals surface area contributed by atoms with E-state index in [1.807, 2.05) is 20.8 Å². The zero-order valence-corrected chi connectivity index (χ0v) is 13.2. The number of amides is 2. The molecule has 1 saturated heterocycles. The van der Waals surface area contributed by atoms with Crippen molar-refractivity contribution in [2.24, 2.45) is 4.99 Å². The Labute approximate surface area is 121 Å². The SMILES string of the molecule is CCCC(=NC)/C(C)=C(\C)NC(=O)N1CON(CC)C1. The van der Waals surface area contributed by atoms with Crippen LogP contribution in [0.3, 0.4) is 0 Å². The average molecular weight is 282 g/mol. The maximum absolute atomic E-state index is 12.1. The smallest absolute Gasteiger partial charge is 0.311 e. The lowest BCUT2D eigenvalue weighted by Gasteiger charge is -2.17. The van der Waals surface area contributed by atoms with E-state index in [2.05, 4.69) is 17.2 Å². The molecule has 0 aromatic carbocycles. The van der Waals surface area contributed by atoms with Crippen molar-refractivity contribution in [3.63, 3.8) is 0 Å². The molecule has 0 bridgehead atoms. The highest BCUT2D eigenvalue weighted by Crippen LogP contribution is 2.10. The van der Waals surface area contributed by atoms with Gasteiger partial charge < -0.3 is 5.32 Å². The number of hydrogen-bond donors (Lipinski definition) is 1. The third kappa shape index (κ3) is 4.31. The standard InChI is InChI=1S/C14H26N4O2/c1-6-8-13(15-5)11(3)12(4)16-14(19)17-9-18(7-2)20-10-17/h6-10H2,1-5H3,(H,16,19)/b12-11+,15-13?. The van der Waals surface area contributed by atoms with E-state index < -0.39 is 0 Å². The minimum Gasteiger partial charge on any atom is -0.311 e. The van der Waals surface area contributed by atoms with Crippen LogP contribution >= 0.6 is 0 Å². The van der Waals surface area contributed by atoms with Gasteiger partial charge in [-0.1, -0.05) is 20.3 Å². The van der Waals surface area contributed by atoms with Gasteiger partial charge in [0.2, 0.25) is 0 Å². The molecule has 114 valence electrons. The van der Waals surface area contributed by atoms with Gasteiger partial charge in [0.25, 0.3) is 0 Å². The first kappa shape index (κ1) is 16.7. The summed E-state index contributed by atoms with van der Waals surface area (Å²) in [4.78, 5) is 23.4. The van der Waals surface area contributed by atoms with Gasteiger partial charge in [0.05, 0.1) is 0 Å². The summed E-state index contributed by atoms with van der Waals surface area (Å²) < 4.78 is 0. The summed E-state index contributed by atoms with van der Waals surface area (Å²) in [6.07, 6.45) is 1.96. The number of carbonyl (C=O) groups excluding carboxylic acids is 1. The fourth-order valence-electron chi connectivity index (χ4n) is 1.99. The van der Waals surface area contributed by atoms with Gasteiger partial charge in [0.15, 0.2) is 0 Å². The van der Waals surface area contributed by atoms with Crippen LogP contribution in [0.15, 0.2) is 16.3 Å². The number of nitrogens with zero attached hydrogens (tertiary/aromatic N) is 3. The number of nitrogens with one attached hydrogen (secondary N) is 1. The first-order valence-corrected chi connectivity index (χ1v) is 7.10. The number of hydrogen-bond acceptors (Lipinski definition) is 4. The van der Waals surface area contributed by atoms with Crippen molar-refractivity contribution in [2.45, 2.75) is 40.5 Å². The zero-order valence-electron chi connectivity index (χ0n) is 13.2. The Kier molecular flexibility index (Phi) is 6.67. The molecule has 1 aliphatic heterocycles. The highest BCUT2D eigenvalue weighted by atomic mass is 16.7.